The Balaban J connectivity index is 0.000000330. The van der Waals surface area contributed by atoms with Crippen molar-refractivity contribution in [2.45, 2.75) is 0 Å². The van der Waals surface area contributed by atoms with Crippen LogP contribution < -0.4 is 0 Å². The van der Waals surface area contributed by atoms with E-state index in [0.717, 1.165) is 3.39 Å². The molecule has 0 aliphatic heterocycles. The fourth-order valence-electron chi connectivity index (χ4n) is 1.26. The van der Waals surface area contributed by atoms with Crippen molar-refractivity contribution < 1.29 is 0 Å². The highest BCUT2D eigenvalue weighted by atomic mass is 79.9. The Kier molecular flexibility index (Phi) is 13.2. The molecular weight excluding hydrogens is 400 g/mol. The van der Waals surface area contributed by atoms with Gasteiger partial charge in [-0.3, -0.25) is 0 Å². The van der Waals surface area contributed by atoms with Gasteiger partial charge in [0.2, 0.25) is 0 Å². The summed E-state index contributed by atoms with van der Waals surface area (Å²) >= 11 is 6.58. The molecule has 0 N–H and O–H groups in total. The third-order valence-corrected chi connectivity index (χ3v) is 2.74. The van der Waals surface area contributed by atoms with Crippen LogP contribution in [0.25, 0.3) is 12.2 Å². The molecule has 0 amide bonds. The van der Waals surface area contributed by atoms with Crippen LogP contribution in [0.1, 0.15) is 11.1 Å². The van der Waals surface area contributed by atoms with Crippen molar-refractivity contribution in [3.05, 3.63) is 107 Å². The van der Waals surface area contributed by atoms with Gasteiger partial charge in [-0.25, -0.2) is 0 Å². The summed E-state index contributed by atoms with van der Waals surface area (Å²) in [5.41, 5.74) is 2.36. The lowest BCUT2D eigenvalue weighted by molar-refractivity contribution is 1.66. The average molecular weight is 420 g/mol. The summed E-state index contributed by atoms with van der Waals surface area (Å²) in [6.45, 7) is 10.4. The molecule has 2 heteroatoms. The van der Waals surface area contributed by atoms with E-state index in [9.17, 15) is 0 Å². The first-order valence-electron chi connectivity index (χ1n) is 6.62. The summed E-state index contributed by atoms with van der Waals surface area (Å²) in [6, 6.07) is 20.1. The zero-order valence-corrected chi connectivity index (χ0v) is 15.6. The van der Waals surface area contributed by atoms with E-state index in [1.807, 2.05) is 72.8 Å². The summed E-state index contributed by atoms with van der Waals surface area (Å²) in [5.74, 6) is 0. The summed E-state index contributed by atoms with van der Waals surface area (Å²) in [4.78, 5) is 0. The van der Waals surface area contributed by atoms with Crippen LogP contribution in [-0.4, -0.2) is 0 Å². The lowest BCUT2D eigenvalue weighted by Gasteiger charge is -1.89. The Morgan fingerprint density at radius 1 is 0.682 bits per heavy atom. The highest BCUT2D eigenvalue weighted by molar-refractivity contribution is 9.28. The van der Waals surface area contributed by atoms with Crippen LogP contribution in [0.3, 0.4) is 0 Å². The number of halogens is 2. The maximum atomic E-state index is 3.63. The molecule has 0 saturated heterocycles. The number of hydrogen-bond acceptors (Lipinski definition) is 0. The molecule has 0 heterocycles. The fraction of sp³-hybridized carbons (Fsp3) is 0. The number of rotatable bonds is 3. The monoisotopic (exact) mass is 418 g/mol. The van der Waals surface area contributed by atoms with Gasteiger partial charge in [-0.1, -0.05) is 98.6 Å². The molecule has 0 unspecified atom stereocenters. The highest BCUT2D eigenvalue weighted by Crippen LogP contribution is 2.17. The predicted molar refractivity (Wildman–Crippen MR) is 109 cm³/mol. The van der Waals surface area contributed by atoms with Crippen LogP contribution in [-0.2, 0) is 0 Å². The van der Waals surface area contributed by atoms with Crippen LogP contribution >= 0.6 is 31.9 Å². The molecule has 2 rings (SSSR count). The van der Waals surface area contributed by atoms with Crippen LogP contribution in [0.5, 0.6) is 0 Å². The molecule has 0 spiro atoms. The van der Waals surface area contributed by atoms with Crippen molar-refractivity contribution in [2.24, 2.45) is 0 Å². The smallest absolute Gasteiger partial charge is 0.0610 e. The first-order valence-corrected chi connectivity index (χ1v) is 8.21. The molecule has 0 aliphatic carbocycles. The molecule has 0 bridgehead atoms. The van der Waals surface area contributed by atoms with Gasteiger partial charge in [0.15, 0.2) is 0 Å². The predicted octanol–water partition coefficient (Wildman–Crippen LogP) is 7.46. The van der Waals surface area contributed by atoms with Gasteiger partial charge in [0.05, 0.1) is 3.39 Å². The van der Waals surface area contributed by atoms with Gasteiger partial charge in [0.25, 0.3) is 0 Å². The Labute approximate surface area is 150 Å². The Bertz CT molecular complexity index is 559. The number of allylic oxidation sites excluding steroid dienone is 2. The van der Waals surface area contributed by atoms with Gasteiger partial charge in [-0.15, -0.1) is 0 Å². The van der Waals surface area contributed by atoms with Crippen molar-refractivity contribution in [2.75, 3.05) is 0 Å². The fourth-order valence-corrected chi connectivity index (χ4v) is 1.79. The summed E-state index contributed by atoms with van der Waals surface area (Å²) in [6.07, 6.45) is 7.11. The summed E-state index contributed by atoms with van der Waals surface area (Å²) in [5, 5.41) is 0. The Morgan fingerprint density at radius 2 is 1.09 bits per heavy atom. The van der Waals surface area contributed by atoms with Crippen LogP contribution in [0.15, 0.2) is 95.9 Å². The van der Waals surface area contributed by atoms with Gasteiger partial charge in [-0.2, -0.15) is 0 Å². The molecule has 0 radical (unpaired) electrons. The molecule has 0 aromatic heterocycles. The quantitative estimate of drug-likeness (QED) is 0.452. The van der Waals surface area contributed by atoms with Gasteiger partial charge in [-0.05, 0) is 49.1 Å². The van der Waals surface area contributed by atoms with Gasteiger partial charge in [0.1, 0.15) is 0 Å². The number of hydrogen-bond donors (Lipinski definition) is 0. The molecule has 2 aromatic rings. The van der Waals surface area contributed by atoms with Crippen molar-refractivity contribution in [3.63, 3.8) is 0 Å². The number of benzene rings is 2. The highest BCUT2D eigenvalue weighted by Gasteiger charge is 1.84. The van der Waals surface area contributed by atoms with E-state index in [0.29, 0.717) is 0 Å². The van der Waals surface area contributed by atoms with Crippen LogP contribution in [0.4, 0.5) is 0 Å². The molecule has 0 saturated carbocycles. The molecule has 2 aromatic carbocycles. The minimum absolute atomic E-state index is 0.964. The van der Waals surface area contributed by atoms with Gasteiger partial charge >= 0.3 is 0 Å². The largest absolute Gasteiger partial charge is 0.0991 e. The molecular formula is C20H20Br2. The second-order valence-electron chi connectivity index (χ2n) is 3.93. The molecule has 0 atom stereocenters. The standard InChI is InChI=1S/C8H6Br2.C8H8.C4H6/c9-8(10)6-7-4-2-1-3-5-7;1-2-8-6-4-3-5-7-8;1-3-4-2/h1-6H;2-7H,1H2;3-4H,1-2H2. The van der Waals surface area contributed by atoms with Crippen LogP contribution in [0.2, 0.25) is 0 Å². The lowest BCUT2D eigenvalue weighted by Crippen LogP contribution is -1.66. The molecule has 0 aliphatic rings. The van der Waals surface area contributed by atoms with Crippen molar-refractivity contribution in [1.82, 2.24) is 0 Å². The van der Waals surface area contributed by atoms with E-state index in [1.165, 1.54) is 11.1 Å². The molecule has 114 valence electrons. The maximum Gasteiger partial charge on any atom is 0.0610 e. The average Bonchev–Trinajstić information content (AvgIpc) is 2.57. The van der Waals surface area contributed by atoms with Gasteiger partial charge < -0.3 is 0 Å². The van der Waals surface area contributed by atoms with E-state index in [-0.39, 0.29) is 0 Å². The Hall–Kier alpha value is -1.64. The van der Waals surface area contributed by atoms with E-state index in [2.05, 4.69) is 51.6 Å². The van der Waals surface area contributed by atoms with Crippen molar-refractivity contribution in [1.29, 1.82) is 0 Å². The van der Waals surface area contributed by atoms with Crippen molar-refractivity contribution in [3.8, 4) is 0 Å². The second kappa shape index (κ2) is 14.3. The van der Waals surface area contributed by atoms with E-state index >= 15 is 0 Å². The second-order valence-corrected chi connectivity index (χ2v) is 6.70. The molecule has 0 nitrogen and oxygen atoms in total. The van der Waals surface area contributed by atoms with Crippen LogP contribution in [0, 0.1) is 0 Å². The third kappa shape index (κ3) is 12.1. The zero-order valence-electron chi connectivity index (χ0n) is 12.5. The Morgan fingerprint density at radius 3 is 1.36 bits per heavy atom. The van der Waals surface area contributed by atoms with E-state index < -0.39 is 0 Å². The molecule has 22 heavy (non-hydrogen) atoms. The van der Waals surface area contributed by atoms with E-state index in [1.54, 1.807) is 12.2 Å². The summed E-state index contributed by atoms with van der Waals surface area (Å²) < 4.78 is 0.964. The van der Waals surface area contributed by atoms with Gasteiger partial charge in [0, 0.05) is 0 Å². The minimum atomic E-state index is 0.964. The minimum Gasteiger partial charge on any atom is -0.0991 e. The molecule has 0 fully saturated rings. The zero-order chi connectivity index (χ0) is 16.6. The first-order chi connectivity index (χ1) is 10.6. The summed E-state index contributed by atoms with van der Waals surface area (Å²) in [7, 11) is 0. The first kappa shape index (κ1) is 20.4. The van der Waals surface area contributed by atoms with Crippen molar-refractivity contribution >= 4 is 44.0 Å². The van der Waals surface area contributed by atoms with E-state index in [4.69, 9.17) is 0 Å². The topological polar surface area (TPSA) is 0 Å². The third-order valence-electron chi connectivity index (χ3n) is 2.28. The maximum absolute atomic E-state index is 3.63. The SMILES string of the molecule is BrC(Br)=Cc1ccccc1.C=CC=C.C=Cc1ccccc1. The lowest BCUT2D eigenvalue weighted by atomic mass is 10.2. The normalized spacial score (nSPS) is 8.09.